The Morgan fingerprint density at radius 2 is 2.22 bits per heavy atom. The van der Waals surface area contributed by atoms with E-state index in [2.05, 4.69) is 10.1 Å². The van der Waals surface area contributed by atoms with Crippen LogP contribution in [0.2, 0.25) is 0 Å². The number of carbonyl (C=O) groups is 1. The molecule has 23 heavy (non-hydrogen) atoms. The highest BCUT2D eigenvalue weighted by atomic mass is 19.1. The molecule has 3 rings (SSSR count). The largest absolute Gasteiger partial charge is 0.493 e. The number of amides is 1. The van der Waals surface area contributed by atoms with Gasteiger partial charge in [0.25, 0.3) is 0 Å². The van der Waals surface area contributed by atoms with Crippen LogP contribution < -0.4 is 4.74 Å². The van der Waals surface area contributed by atoms with E-state index in [1.54, 1.807) is 24.0 Å². The van der Waals surface area contributed by atoms with E-state index in [0.29, 0.717) is 37.0 Å². The Kier molecular flexibility index (Phi) is 4.55. The van der Waals surface area contributed by atoms with Crippen molar-refractivity contribution in [3.63, 3.8) is 0 Å². The number of hydrogen-bond donors (Lipinski definition) is 0. The molecule has 1 atom stereocenters. The van der Waals surface area contributed by atoms with Crippen LogP contribution in [0.4, 0.5) is 4.39 Å². The van der Waals surface area contributed by atoms with Gasteiger partial charge < -0.3 is 14.2 Å². The van der Waals surface area contributed by atoms with Crippen LogP contribution in [0.3, 0.4) is 0 Å². The number of ether oxygens (including phenoxy) is 1. The van der Waals surface area contributed by atoms with Gasteiger partial charge in [0.15, 0.2) is 5.82 Å². The van der Waals surface area contributed by atoms with Gasteiger partial charge in [-0.1, -0.05) is 5.16 Å². The fraction of sp³-hybridized carbons (Fsp3) is 0.438. The molecule has 2 heterocycles. The molecular weight excluding hydrogens is 301 g/mol. The molecule has 122 valence electrons. The van der Waals surface area contributed by atoms with Gasteiger partial charge in [-0.2, -0.15) is 4.98 Å². The van der Waals surface area contributed by atoms with Gasteiger partial charge in [0.1, 0.15) is 11.6 Å². The van der Waals surface area contributed by atoms with Gasteiger partial charge in [-0.05, 0) is 30.7 Å². The van der Waals surface area contributed by atoms with Crippen molar-refractivity contribution < 1.29 is 18.4 Å². The molecule has 1 aromatic carbocycles. The maximum absolute atomic E-state index is 12.8. The number of carbonyl (C=O) groups excluding carboxylic acids is 1. The van der Waals surface area contributed by atoms with E-state index in [4.69, 9.17) is 9.26 Å². The predicted octanol–water partition coefficient (Wildman–Crippen LogP) is 2.17. The van der Waals surface area contributed by atoms with Crippen molar-refractivity contribution in [3.8, 4) is 5.75 Å². The first-order valence-electron chi connectivity index (χ1n) is 7.58. The first-order chi connectivity index (χ1) is 11.1. The minimum atomic E-state index is -0.295. The molecule has 1 aromatic heterocycles. The van der Waals surface area contributed by atoms with E-state index in [1.165, 1.54) is 12.1 Å². The van der Waals surface area contributed by atoms with Crippen LogP contribution in [0.1, 0.15) is 31.0 Å². The molecule has 1 aliphatic heterocycles. The first kappa shape index (κ1) is 15.5. The minimum absolute atomic E-state index is 0.0694. The average molecular weight is 319 g/mol. The van der Waals surface area contributed by atoms with Crippen LogP contribution in [-0.2, 0) is 11.2 Å². The monoisotopic (exact) mass is 319 g/mol. The minimum Gasteiger partial charge on any atom is -0.493 e. The SMILES string of the molecule is CC(=O)N1CC[C@H](c2nc(CCOc3ccc(F)cc3)no2)C1. The molecule has 0 spiro atoms. The summed E-state index contributed by atoms with van der Waals surface area (Å²) in [6, 6.07) is 5.85. The molecule has 0 N–H and O–H groups in total. The summed E-state index contributed by atoms with van der Waals surface area (Å²) in [4.78, 5) is 17.5. The van der Waals surface area contributed by atoms with E-state index < -0.39 is 0 Å². The number of hydrogen-bond acceptors (Lipinski definition) is 5. The normalized spacial score (nSPS) is 17.5. The average Bonchev–Trinajstić information content (AvgIpc) is 3.18. The Morgan fingerprint density at radius 1 is 1.43 bits per heavy atom. The summed E-state index contributed by atoms with van der Waals surface area (Å²) in [5.41, 5.74) is 0. The van der Waals surface area contributed by atoms with Crippen LogP contribution in [0.5, 0.6) is 5.75 Å². The summed E-state index contributed by atoms with van der Waals surface area (Å²) in [6.45, 7) is 3.30. The molecule has 0 saturated carbocycles. The van der Waals surface area contributed by atoms with Crippen molar-refractivity contribution in [1.29, 1.82) is 0 Å². The first-order valence-corrected chi connectivity index (χ1v) is 7.58. The van der Waals surface area contributed by atoms with Crippen molar-refractivity contribution in [2.24, 2.45) is 0 Å². The topological polar surface area (TPSA) is 68.5 Å². The van der Waals surface area contributed by atoms with Gasteiger partial charge in [-0.25, -0.2) is 4.39 Å². The van der Waals surface area contributed by atoms with Gasteiger partial charge >= 0.3 is 0 Å². The second-order valence-corrected chi connectivity index (χ2v) is 5.55. The number of nitrogens with zero attached hydrogens (tertiary/aromatic N) is 3. The molecule has 1 fully saturated rings. The number of likely N-dealkylation sites (tertiary alicyclic amines) is 1. The van der Waals surface area contributed by atoms with Crippen molar-refractivity contribution in [3.05, 3.63) is 41.8 Å². The zero-order valence-electron chi connectivity index (χ0n) is 12.9. The smallest absolute Gasteiger partial charge is 0.231 e. The highest BCUT2D eigenvalue weighted by molar-refractivity contribution is 5.73. The zero-order chi connectivity index (χ0) is 16.2. The number of rotatable bonds is 5. The van der Waals surface area contributed by atoms with Gasteiger partial charge in [-0.3, -0.25) is 4.79 Å². The zero-order valence-corrected chi connectivity index (χ0v) is 12.9. The lowest BCUT2D eigenvalue weighted by molar-refractivity contribution is -0.127. The maximum Gasteiger partial charge on any atom is 0.231 e. The summed E-state index contributed by atoms with van der Waals surface area (Å²) in [5.74, 6) is 1.63. The lowest BCUT2D eigenvalue weighted by Gasteiger charge is -2.11. The molecule has 0 unspecified atom stereocenters. The maximum atomic E-state index is 12.8. The third-order valence-corrected chi connectivity index (χ3v) is 3.87. The van der Waals surface area contributed by atoms with E-state index in [0.717, 1.165) is 13.0 Å². The van der Waals surface area contributed by atoms with Crippen LogP contribution in [0.25, 0.3) is 0 Å². The van der Waals surface area contributed by atoms with E-state index in [9.17, 15) is 9.18 Å². The number of aromatic nitrogens is 2. The van der Waals surface area contributed by atoms with Crippen LogP contribution in [0, 0.1) is 5.82 Å². The van der Waals surface area contributed by atoms with Crippen molar-refractivity contribution >= 4 is 5.91 Å². The van der Waals surface area contributed by atoms with Crippen LogP contribution >= 0.6 is 0 Å². The Balaban J connectivity index is 1.50. The van der Waals surface area contributed by atoms with Crippen molar-refractivity contribution in [2.45, 2.75) is 25.7 Å². The summed E-state index contributed by atoms with van der Waals surface area (Å²) >= 11 is 0. The molecule has 0 aliphatic carbocycles. The predicted molar refractivity (Wildman–Crippen MR) is 79.5 cm³/mol. The van der Waals surface area contributed by atoms with Crippen LogP contribution in [-0.4, -0.2) is 40.6 Å². The van der Waals surface area contributed by atoms with Crippen LogP contribution in [0.15, 0.2) is 28.8 Å². The fourth-order valence-electron chi connectivity index (χ4n) is 2.57. The molecule has 1 aliphatic rings. The van der Waals surface area contributed by atoms with Gasteiger partial charge in [0.05, 0.1) is 12.5 Å². The molecule has 0 bridgehead atoms. The van der Waals surface area contributed by atoms with E-state index in [1.807, 2.05) is 0 Å². The second-order valence-electron chi connectivity index (χ2n) is 5.55. The summed E-state index contributed by atoms with van der Waals surface area (Å²) in [5, 5.41) is 3.95. The highest BCUT2D eigenvalue weighted by Crippen LogP contribution is 2.25. The molecular formula is C16H18FN3O3. The summed E-state index contributed by atoms with van der Waals surface area (Å²) in [7, 11) is 0. The third kappa shape index (κ3) is 3.85. The van der Waals surface area contributed by atoms with Gasteiger partial charge in [-0.15, -0.1) is 0 Å². The Bertz CT molecular complexity index is 671. The molecule has 6 nitrogen and oxygen atoms in total. The van der Waals surface area contributed by atoms with E-state index >= 15 is 0 Å². The molecule has 1 saturated heterocycles. The third-order valence-electron chi connectivity index (χ3n) is 3.87. The summed E-state index contributed by atoms with van der Waals surface area (Å²) in [6.07, 6.45) is 1.34. The van der Waals surface area contributed by atoms with Crippen molar-refractivity contribution in [2.75, 3.05) is 19.7 Å². The lowest BCUT2D eigenvalue weighted by atomic mass is 10.1. The molecule has 7 heteroatoms. The number of benzene rings is 1. The van der Waals surface area contributed by atoms with Gasteiger partial charge in [0, 0.05) is 26.4 Å². The molecule has 2 aromatic rings. The Morgan fingerprint density at radius 3 is 2.91 bits per heavy atom. The quantitative estimate of drug-likeness (QED) is 0.845. The fourth-order valence-corrected chi connectivity index (χ4v) is 2.57. The van der Waals surface area contributed by atoms with Crippen molar-refractivity contribution in [1.82, 2.24) is 15.0 Å². The van der Waals surface area contributed by atoms with E-state index in [-0.39, 0.29) is 17.6 Å². The number of halogens is 1. The molecule has 0 radical (unpaired) electrons. The Labute approximate surface area is 133 Å². The standard InChI is InChI=1S/C16H18FN3O3/c1-11(21)20-8-6-12(10-20)16-18-15(19-23-16)7-9-22-14-4-2-13(17)3-5-14/h2-5,12H,6-10H2,1H3/t12-/m0/s1. The lowest BCUT2D eigenvalue weighted by Crippen LogP contribution is -2.25. The summed E-state index contributed by atoms with van der Waals surface area (Å²) < 4.78 is 23.6. The van der Waals surface area contributed by atoms with Gasteiger partial charge in [0.2, 0.25) is 11.8 Å². The molecule has 1 amide bonds. The Hall–Kier alpha value is -2.44. The highest BCUT2D eigenvalue weighted by Gasteiger charge is 2.29. The second kappa shape index (κ2) is 6.76.